The van der Waals surface area contributed by atoms with Crippen molar-refractivity contribution in [3.8, 4) is 0 Å². The lowest BCUT2D eigenvalue weighted by molar-refractivity contribution is 0.231. The van der Waals surface area contributed by atoms with Gasteiger partial charge in [-0.3, -0.25) is 0 Å². The van der Waals surface area contributed by atoms with E-state index in [9.17, 15) is 0 Å². The summed E-state index contributed by atoms with van der Waals surface area (Å²) in [6.45, 7) is 3.68. The Hall–Kier alpha value is -0.0400. The smallest absolute Gasteiger partial charge is 0.00671 e. The maximum atomic E-state index is 3.78. The van der Waals surface area contributed by atoms with Gasteiger partial charge in [-0.15, -0.1) is 0 Å². The van der Waals surface area contributed by atoms with Crippen molar-refractivity contribution in [2.75, 3.05) is 6.54 Å². The molecule has 1 N–H and O–H groups in total. The normalized spacial score (nSPS) is 27.0. The lowest BCUT2D eigenvalue weighted by Gasteiger charge is -2.33. The SMILES string of the molecule is CC(NCC1CCCCCC1)C1CCC1. The van der Waals surface area contributed by atoms with Crippen LogP contribution >= 0.6 is 0 Å². The maximum absolute atomic E-state index is 3.78. The zero-order valence-electron chi connectivity index (χ0n) is 10.3. The highest BCUT2D eigenvalue weighted by atomic mass is 14.9. The van der Waals surface area contributed by atoms with Crippen molar-refractivity contribution in [3.05, 3.63) is 0 Å². The molecule has 0 aromatic heterocycles. The first-order valence-corrected chi connectivity index (χ1v) is 7.09. The van der Waals surface area contributed by atoms with Crippen molar-refractivity contribution in [1.82, 2.24) is 5.32 Å². The Morgan fingerprint density at radius 3 is 2.13 bits per heavy atom. The first kappa shape index (κ1) is 11.4. The van der Waals surface area contributed by atoms with Crippen molar-refractivity contribution in [2.45, 2.75) is 70.8 Å². The molecule has 2 aliphatic rings. The Morgan fingerprint density at radius 1 is 0.933 bits per heavy atom. The molecule has 0 bridgehead atoms. The van der Waals surface area contributed by atoms with E-state index in [-0.39, 0.29) is 0 Å². The van der Waals surface area contributed by atoms with Gasteiger partial charge in [-0.1, -0.05) is 32.1 Å². The molecule has 0 spiro atoms. The molecule has 2 saturated carbocycles. The molecule has 2 aliphatic carbocycles. The lowest BCUT2D eigenvalue weighted by Crippen LogP contribution is -2.39. The van der Waals surface area contributed by atoms with E-state index < -0.39 is 0 Å². The Bertz CT molecular complexity index is 166. The molecule has 1 nitrogen and oxygen atoms in total. The van der Waals surface area contributed by atoms with Crippen molar-refractivity contribution >= 4 is 0 Å². The maximum Gasteiger partial charge on any atom is 0.00671 e. The molecule has 1 atom stereocenters. The van der Waals surface area contributed by atoms with E-state index >= 15 is 0 Å². The summed E-state index contributed by atoms with van der Waals surface area (Å²) in [5, 5.41) is 3.78. The van der Waals surface area contributed by atoms with Crippen LogP contribution in [0, 0.1) is 11.8 Å². The summed E-state index contributed by atoms with van der Waals surface area (Å²) in [5.41, 5.74) is 0. The van der Waals surface area contributed by atoms with E-state index in [1.807, 2.05) is 0 Å². The molecular formula is C14H27N. The minimum absolute atomic E-state index is 0.780. The quantitative estimate of drug-likeness (QED) is 0.696. The minimum atomic E-state index is 0.780. The molecule has 1 heteroatoms. The molecule has 0 aromatic carbocycles. The van der Waals surface area contributed by atoms with E-state index in [0.29, 0.717) is 0 Å². The van der Waals surface area contributed by atoms with Gasteiger partial charge in [0.25, 0.3) is 0 Å². The Balaban J connectivity index is 1.62. The van der Waals surface area contributed by atoms with E-state index in [1.165, 1.54) is 64.3 Å². The van der Waals surface area contributed by atoms with E-state index in [0.717, 1.165) is 17.9 Å². The van der Waals surface area contributed by atoms with Gasteiger partial charge in [0, 0.05) is 6.04 Å². The van der Waals surface area contributed by atoms with Crippen LogP contribution < -0.4 is 5.32 Å². The molecule has 0 saturated heterocycles. The predicted octanol–water partition coefficient (Wildman–Crippen LogP) is 3.74. The van der Waals surface area contributed by atoms with Crippen LogP contribution in [0.25, 0.3) is 0 Å². The lowest BCUT2D eigenvalue weighted by atomic mass is 9.80. The fraction of sp³-hybridized carbons (Fsp3) is 1.00. The summed E-state index contributed by atoms with van der Waals surface area (Å²) in [6.07, 6.45) is 13.3. The van der Waals surface area contributed by atoms with Crippen LogP contribution in [0.1, 0.15) is 64.7 Å². The average Bonchev–Trinajstić information content (AvgIpc) is 2.40. The first-order valence-electron chi connectivity index (χ1n) is 7.09. The number of nitrogens with one attached hydrogen (secondary N) is 1. The average molecular weight is 209 g/mol. The molecular weight excluding hydrogens is 182 g/mol. The molecule has 15 heavy (non-hydrogen) atoms. The van der Waals surface area contributed by atoms with Gasteiger partial charge in [-0.2, -0.15) is 0 Å². The van der Waals surface area contributed by atoms with Gasteiger partial charge in [-0.25, -0.2) is 0 Å². The Labute approximate surface area is 95.0 Å². The monoisotopic (exact) mass is 209 g/mol. The van der Waals surface area contributed by atoms with E-state index in [2.05, 4.69) is 12.2 Å². The van der Waals surface area contributed by atoms with Gasteiger partial charge in [0.2, 0.25) is 0 Å². The first-order chi connectivity index (χ1) is 7.36. The van der Waals surface area contributed by atoms with Crippen molar-refractivity contribution in [2.24, 2.45) is 11.8 Å². The van der Waals surface area contributed by atoms with Crippen molar-refractivity contribution in [1.29, 1.82) is 0 Å². The molecule has 88 valence electrons. The van der Waals surface area contributed by atoms with Crippen LogP contribution in [0.4, 0.5) is 0 Å². The van der Waals surface area contributed by atoms with E-state index in [1.54, 1.807) is 0 Å². The minimum Gasteiger partial charge on any atom is -0.314 e. The number of hydrogen-bond donors (Lipinski definition) is 1. The third kappa shape index (κ3) is 3.48. The highest BCUT2D eigenvalue weighted by Gasteiger charge is 2.24. The number of rotatable bonds is 4. The van der Waals surface area contributed by atoms with Gasteiger partial charge in [0.1, 0.15) is 0 Å². The molecule has 0 aromatic rings. The summed E-state index contributed by atoms with van der Waals surface area (Å²) < 4.78 is 0. The summed E-state index contributed by atoms with van der Waals surface area (Å²) in [5.74, 6) is 1.98. The van der Waals surface area contributed by atoms with Gasteiger partial charge in [0.15, 0.2) is 0 Å². The van der Waals surface area contributed by atoms with Gasteiger partial charge in [0.05, 0.1) is 0 Å². The van der Waals surface area contributed by atoms with Crippen LogP contribution in [0.15, 0.2) is 0 Å². The second kappa shape index (κ2) is 5.89. The second-order valence-electron chi connectivity index (χ2n) is 5.75. The Morgan fingerprint density at radius 2 is 1.60 bits per heavy atom. The molecule has 0 aliphatic heterocycles. The number of hydrogen-bond acceptors (Lipinski definition) is 1. The standard InChI is InChI=1S/C14H27N/c1-12(14-9-6-10-14)15-11-13-7-4-2-3-5-8-13/h12-15H,2-11H2,1H3. The van der Waals surface area contributed by atoms with Gasteiger partial charge >= 0.3 is 0 Å². The summed E-state index contributed by atoms with van der Waals surface area (Å²) >= 11 is 0. The predicted molar refractivity (Wildman–Crippen MR) is 66.0 cm³/mol. The van der Waals surface area contributed by atoms with Crippen LogP contribution in [0.5, 0.6) is 0 Å². The zero-order valence-corrected chi connectivity index (χ0v) is 10.3. The van der Waals surface area contributed by atoms with Crippen molar-refractivity contribution in [3.63, 3.8) is 0 Å². The third-order valence-corrected chi connectivity index (χ3v) is 4.56. The summed E-state index contributed by atoms with van der Waals surface area (Å²) in [7, 11) is 0. The third-order valence-electron chi connectivity index (χ3n) is 4.56. The van der Waals surface area contributed by atoms with Crippen LogP contribution in [0.2, 0.25) is 0 Å². The molecule has 0 amide bonds. The molecule has 0 heterocycles. The topological polar surface area (TPSA) is 12.0 Å². The highest BCUT2D eigenvalue weighted by molar-refractivity contribution is 4.80. The van der Waals surface area contributed by atoms with Crippen LogP contribution in [-0.4, -0.2) is 12.6 Å². The van der Waals surface area contributed by atoms with Crippen molar-refractivity contribution < 1.29 is 0 Å². The molecule has 1 unspecified atom stereocenters. The molecule has 0 radical (unpaired) electrons. The second-order valence-corrected chi connectivity index (χ2v) is 5.75. The largest absolute Gasteiger partial charge is 0.314 e. The van der Waals surface area contributed by atoms with Crippen LogP contribution in [-0.2, 0) is 0 Å². The highest BCUT2D eigenvalue weighted by Crippen LogP contribution is 2.29. The molecule has 2 rings (SSSR count). The summed E-state index contributed by atoms with van der Waals surface area (Å²) in [6, 6.07) is 0.780. The van der Waals surface area contributed by atoms with Crippen LogP contribution in [0.3, 0.4) is 0 Å². The zero-order chi connectivity index (χ0) is 10.5. The van der Waals surface area contributed by atoms with Gasteiger partial charge < -0.3 is 5.32 Å². The summed E-state index contributed by atoms with van der Waals surface area (Å²) in [4.78, 5) is 0. The van der Waals surface area contributed by atoms with E-state index in [4.69, 9.17) is 0 Å². The molecule has 2 fully saturated rings. The van der Waals surface area contributed by atoms with Gasteiger partial charge in [-0.05, 0) is 51.0 Å². The fourth-order valence-corrected chi connectivity index (χ4v) is 3.03. The fourth-order valence-electron chi connectivity index (χ4n) is 3.03. The Kier molecular flexibility index (Phi) is 4.49.